The van der Waals surface area contributed by atoms with Crippen molar-refractivity contribution in [2.75, 3.05) is 17.9 Å². The number of rotatable bonds is 5. The van der Waals surface area contributed by atoms with Crippen LogP contribution in [0.3, 0.4) is 0 Å². The van der Waals surface area contributed by atoms with Gasteiger partial charge in [0.25, 0.3) is 10.0 Å². The Bertz CT molecular complexity index is 812. The molecular formula is C18H23ClN2O3S. The van der Waals surface area contributed by atoms with Gasteiger partial charge in [0.2, 0.25) is 5.44 Å². The number of nitrogens with one attached hydrogen (secondary N) is 1. The molecule has 1 atom stereocenters. The van der Waals surface area contributed by atoms with E-state index >= 15 is 0 Å². The van der Waals surface area contributed by atoms with Crippen LogP contribution in [0, 0.1) is 6.92 Å². The highest BCUT2D eigenvalue weighted by molar-refractivity contribution is 7.93. The minimum Gasteiger partial charge on any atom is -0.470 e. The average molecular weight is 383 g/mol. The van der Waals surface area contributed by atoms with Crippen molar-refractivity contribution in [2.45, 2.75) is 25.2 Å². The van der Waals surface area contributed by atoms with E-state index in [1.54, 1.807) is 12.1 Å². The molecule has 1 unspecified atom stereocenters. The summed E-state index contributed by atoms with van der Waals surface area (Å²) in [5.74, 6) is 0.605. The highest BCUT2D eigenvalue weighted by atomic mass is 35.5. The molecule has 1 heterocycles. The summed E-state index contributed by atoms with van der Waals surface area (Å²) in [5.41, 5.74) is 1.32. The number of fused-ring (bicyclic) bond motifs is 1. The smallest absolute Gasteiger partial charge is 0.277 e. The van der Waals surface area contributed by atoms with Crippen LogP contribution >= 0.6 is 12.4 Å². The lowest BCUT2D eigenvalue weighted by Crippen LogP contribution is -2.43. The monoisotopic (exact) mass is 382 g/mol. The summed E-state index contributed by atoms with van der Waals surface area (Å²) in [6.07, 6.45) is 1.17. The minimum atomic E-state index is -3.64. The molecule has 0 amide bonds. The van der Waals surface area contributed by atoms with Crippen LogP contribution in [0.1, 0.15) is 18.4 Å². The van der Waals surface area contributed by atoms with Gasteiger partial charge in [0.1, 0.15) is 5.75 Å². The van der Waals surface area contributed by atoms with Gasteiger partial charge in [-0.2, -0.15) is 0 Å². The molecule has 1 N–H and O–H groups in total. The molecule has 2 aromatic rings. The normalized spacial score (nSPS) is 18.0. The summed E-state index contributed by atoms with van der Waals surface area (Å²) < 4.78 is 33.6. The van der Waals surface area contributed by atoms with E-state index in [0.29, 0.717) is 23.5 Å². The number of aryl methyl sites for hydroxylation is 1. The highest BCUT2D eigenvalue weighted by Crippen LogP contribution is 2.43. The van der Waals surface area contributed by atoms with Gasteiger partial charge in [-0.05, 0) is 56.8 Å². The van der Waals surface area contributed by atoms with Gasteiger partial charge in [-0.3, -0.25) is 0 Å². The van der Waals surface area contributed by atoms with Crippen molar-refractivity contribution >= 4 is 33.8 Å². The summed E-state index contributed by atoms with van der Waals surface area (Å²) in [4.78, 5) is 0. The molecule has 2 aromatic carbocycles. The van der Waals surface area contributed by atoms with Crippen LogP contribution in [0.5, 0.6) is 5.75 Å². The van der Waals surface area contributed by atoms with Crippen molar-refractivity contribution < 1.29 is 13.2 Å². The van der Waals surface area contributed by atoms with Crippen LogP contribution in [0.4, 0.5) is 11.4 Å². The summed E-state index contributed by atoms with van der Waals surface area (Å²) in [6.45, 7) is 2.69. The van der Waals surface area contributed by atoms with Gasteiger partial charge in [0.05, 0.1) is 11.4 Å². The molecule has 0 aliphatic carbocycles. The Hall–Kier alpha value is -1.76. The van der Waals surface area contributed by atoms with Gasteiger partial charge in [-0.25, -0.2) is 12.7 Å². The second-order valence-electron chi connectivity index (χ2n) is 5.91. The molecule has 3 rings (SSSR count). The zero-order chi connectivity index (χ0) is 17.2. The van der Waals surface area contributed by atoms with Crippen molar-refractivity contribution in [1.29, 1.82) is 0 Å². The van der Waals surface area contributed by atoms with Crippen LogP contribution in [-0.4, -0.2) is 27.4 Å². The van der Waals surface area contributed by atoms with Crippen LogP contribution in [0.2, 0.25) is 0 Å². The molecule has 0 fully saturated rings. The Morgan fingerprint density at radius 3 is 2.56 bits per heavy atom. The Morgan fingerprint density at radius 2 is 1.88 bits per heavy atom. The van der Waals surface area contributed by atoms with E-state index in [1.807, 2.05) is 50.4 Å². The zero-order valence-electron chi connectivity index (χ0n) is 14.3. The fourth-order valence-electron chi connectivity index (χ4n) is 2.85. The molecule has 0 bridgehead atoms. The number of sulfonamides is 1. The Labute approximate surface area is 155 Å². The van der Waals surface area contributed by atoms with Crippen LogP contribution in [0.15, 0.2) is 48.5 Å². The number of anilines is 2. The van der Waals surface area contributed by atoms with Crippen LogP contribution in [0.25, 0.3) is 0 Å². The fraction of sp³-hybridized carbons (Fsp3) is 0.333. The Balaban J connectivity index is 0.00000225. The second-order valence-corrected chi connectivity index (χ2v) is 7.83. The number of nitrogens with zero attached hydrogens (tertiary/aromatic N) is 1. The Morgan fingerprint density at radius 1 is 1.16 bits per heavy atom. The standard InChI is InChI=1S/C18H22N2O3S.ClH/c1-14-10-11-17-16(13-14)20(15-7-4-3-5-8-15)24(21,22)18(23-17)9-6-12-19-2;/h3-5,7-8,10-11,13,18-19H,6,9,12H2,1-2H3;1H. The minimum absolute atomic E-state index is 0. The molecular weight excluding hydrogens is 360 g/mol. The summed E-state index contributed by atoms with van der Waals surface area (Å²) in [7, 11) is -1.79. The zero-order valence-corrected chi connectivity index (χ0v) is 15.9. The lowest BCUT2D eigenvalue weighted by atomic mass is 10.2. The molecule has 0 aromatic heterocycles. The van der Waals surface area contributed by atoms with Crippen molar-refractivity contribution in [2.24, 2.45) is 0 Å². The molecule has 1 aliphatic rings. The number of ether oxygens (including phenoxy) is 1. The van der Waals surface area contributed by atoms with Gasteiger partial charge in [-0.15, -0.1) is 12.4 Å². The highest BCUT2D eigenvalue weighted by Gasteiger charge is 2.40. The first kappa shape index (κ1) is 19.6. The van der Waals surface area contributed by atoms with Gasteiger partial charge in [-0.1, -0.05) is 24.3 Å². The molecule has 7 heteroatoms. The van der Waals surface area contributed by atoms with Crippen molar-refractivity contribution in [3.8, 4) is 5.75 Å². The summed E-state index contributed by atoms with van der Waals surface area (Å²) in [5, 5.41) is 3.04. The maximum Gasteiger partial charge on any atom is 0.277 e. The molecule has 0 saturated carbocycles. The predicted octanol–water partition coefficient (Wildman–Crippen LogP) is 3.60. The first-order chi connectivity index (χ1) is 11.5. The van der Waals surface area contributed by atoms with E-state index < -0.39 is 15.5 Å². The molecule has 25 heavy (non-hydrogen) atoms. The van der Waals surface area contributed by atoms with E-state index in [0.717, 1.165) is 18.5 Å². The van der Waals surface area contributed by atoms with Crippen molar-refractivity contribution in [3.63, 3.8) is 0 Å². The van der Waals surface area contributed by atoms with Gasteiger partial charge < -0.3 is 10.1 Å². The lowest BCUT2D eigenvalue weighted by molar-refractivity contribution is 0.254. The second kappa shape index (κ2) is 8.08. The van der Waals surface area contributed by atoms with Crippen molar-refractivity contribution in [3.05, 3.63) is 54.1 Å². The van der Waals surface area contributed by atoms with Gasteiger partial charge in [0, 0.05) is 6.42 Å². The SMILES string of the molecule is CNCCCC1Oc2ccc(C)cc2N(c2ccccc2)S1(=O)=O.Cl. The third kappa shape index (κ3) is 3.92. The first-order valence-electron chi connectivity index (χ1n) is 8.05. The van der Waals surface area contributed by atoms with Crippen LogP contribution < -0.4 is 14.4 Å². The van der Waals surface area contributed by atoms with Gasteiger partial charge in [0.15, 0.2) is 0 Å². The van der Waals surface area contributed by atoms with Crippen molar-refractivity contribution in [1.82, 2.24) is 5.32 Å². The lowest BCUT2D eigenvalue weighted by Gasteiger charge is -2.35. The predicted molar refractivity (Wildman–Crippen MR) is 104 cm³/mol. The van der Waals surface area contributed by atoms with Crippen LogP contribution in [-0.2, 0) is 10.0 Å². The van der Waals surface area contributed by atoms with E-state index in [1.165, 1.54) is 4.31 Å². The molecule has 0 saturated heterocycles. The third-order valence-electron chi connectivity index (χ3n) is 4.04. The number of halogens is 1. The summed E-state index contributed by atoms with van der Waals surface area (Å²) >= 11 is 0. The molecule has 0 radical (unpaired) electrons. The molecule has 0 spiro atoms. The Kier molecular flexibility index (Phi) is 6.32. The number of benzene rings is 2. The number of hydrogen-bond donors (Lipinski definition) is 1. The average Bonchev–Trinajstić information content (AvgIpc) is 2.56. The van der Waals surface area contributed by atoms with E-state index in [9.17, 15) is 8.42 Å². The number of hydrogen-bond acceptors (Lipinski definition) is 4. The quantitative estimate of drug-likeness (QED) is 0.802. The van der Waals surface area contributed by atoms with E-state index in [2.05, 4.69) is 5.32 Å². The molecule has 1 aliphatic heterocycles. The maximum absolute atomic E-state index is 13.2. The topological polar surface area (TPSA) is 58.6 Å². The largest absolute Gasteiger partial charge is 0.470 e. The van der Waals surface area contributed by atoms with E-state index in [4.69, 9.17) is 4.74 Å². The number of para-hydroxylation sites is 1. The van der Waals surface area contributed by atoms with E-state index in [-0.39, 0.29) is 12.4 Å². The summed E-state index contributed by atoms with van der Waals surface area (Å²) in [6, 6.07) is 14.8. The molecule has 136 valence electrons. The van der Waals surface area contributed by atoms with Gasteiger partial charge >= 0.3 is 0 Å². The molecule has 5 nitrogen and oxygen atoms in total. The maximum atomic E-state index is 13.2. The fourth-order valence-corrected chi connectivity index (χ4v) is 4.60. The first-order valence-corrected chi connectivity index (χ1v) is 9.55. The third-order valence-corrected chi connectivity index (χ3v) is 5.95.